The lowest BCUT2D eigenvalue weighted by Crippen LogP contribution is -2.48. The van der Waals surface area contributed by atoms with Crippen LogP contribution in [0.25, 0.3) is 10.9 Å². The Morgan fingerprint density at radius 2 is 2.10 bits per heavy atom. The molecule has 0 saturated carbocycles. The number of aromatic nitrogens is 1. The molecule has 1 heterocycles. The van der Waals surface area contributed by atoms with Crippen LogP contribution < -0.4 is 4.72 Å². The van der Waals surface area contributed by atoms with E-state index in [0.717, 1.165) is 10.9 Å². The van der Waals surface area contributed by atoms with Gasteiger partial charge in [0.1, 0.15) is 4.90 Å². The van der Waals surface area contributed by atoms with E-state index in [4.69, 9.17) is 0 Å². The molecule has 6 heteroatoms. The second-order valence-corrected chi connectivity index (χ2v) is 7.17. The number of nitrogens with one attached hydrogen (secondary N) is 1. The van der Waals surface area contributed by atoms with Gasteiger partial charge in [-0.2, -0.15) is 0 Å². The molecule has 0 aliphatic carbocycles. The predicted octanol–water partition coefficient (Wildman–Crippen LogP) is 1.98. The molecule has 1 unspecified atom stereocenters. The molecule has 1 atom stereocenters. The number of fused-ring (bicyclic) bond motifs is 1. The lowest BCUT2D eigenvalue weighted by Gasteiger charge is -2.26. The van der Waals surface area contributed by atoms with Crippen molar-refractivity contribution in [2.24, 2.45) is 0 Å². The van der Waals surface area contributed by atoms with Crippen LogP contribution in [0.5, 0.6) is 0 Å². The van der Waals surface area contributed by atoms with Crippen LogP contribution in [-0.4, -0.2) is 30.7 Å². The van der Waals surface area contributed by atoms with E-state index in [1.807, 2.05) is 26.0 Å². The molecule has 21 heavy (non-hydrogen) atoms. The Balaban J connectivity index is 2.55. The first kappa shape index (κ1) is 15.9. The second-order valence-electron chi connectivity index (χ2n) is 5.52. The molecule has 0 radical (unpaired) electrons. The molecule has 5 nitrogen and oxygen atoms in total. The number of benzene rings is 1. The van der Waals surface area contributed by atoms with E-state index in [1.165, 1.54) is 6.07 Å². The fourth-order valence-electron chi connectivity index (χ4n) is 2.06. The zero-order chi connectivity index (χ0) is 15.7. The Morgan fingerprint density at radius 3 is 2.71 bits per heavy atom. The number of hydrogen-bond donors (Lipinski definition) is 2. The zero-order valence-electron chi connectivity index (χ0n) is 12.4. The first-order valence-electron chi connectivity index (χ1n) is 6.81. The van der Waals surface area contributed by atoms with Gasteiger partial charge in [0, 0.05) is 11.6 Å². The number of pyridine rings is 1. The van der Waals surface area contributed by atoms with E-state index in [0.29, 0.717) is 11.9 Å². The van der Waals surface area contributed by atoms with Crippen molar-refractivity contribution in [3.05, 3.63) is 36.0 Å². The summed E-state index contributed by atoms with van der Waals surface area (Å²) in [5.41, 5.74) is 0.525. The fraction of sp³-hybridized carbons (Fsp3) is 0.400. The summed E-state index contributed by atoms with van der Waals surface area (Å²) in [5, 5.41) is 10.2. The zero-order valence-corrected chi connectivity index (χ0v) is 13.2. The van der Waals surface area contributed by atoms with Gasteiger partial charge in [-0.1, -0.05) is 19.1 Å². The molecule has 2 N–H and O–H groups in total. The van der Waals surface area contributed by atoms with Gasteiger partial charge < -0.3 is 5.11 Å². The summed E-state index contributed by atoms with van der Waals surface area (Å²) in [4.78, 5) is 4.38. The Labute approximate surface area is 125 Å². The number of aliphatic hydroxyl groups is 1. The third-order valence-electron chi connectivity index (χ3n) is 3.61. The van der Waals surface area contributed by atoms with Gasteiger partial charge in [-0.25, -0.2) is 13.1 Å². The van der Waals surface area contributed by atoms with E-state index < -0.39 is 15.6 Å². The highest BCUT2D eigenvalue weighted by molar-refractivity contribution is 7.89. The summed E-state index contributed by atoms with van der Waals surface area (Å²) in [6.07, 6.45) is 2.13. The van der Waals surface area contributed by atoms with Crippen molar-refractivity contribution in [1.29, 1.82) is 0 Å². The third kappa shape index (κ3) is 3.23. The maximum Gasteiger partial charge on any atom is 0.243 e. The van der Waals surface area contributed by atoms with E-state index in [-0.39, 0.29) is 11.5 Å². The van der Waals surface area contributed by atoms with Gasteiger partial charge in [-0.3, -0.25) is 4.98 Å². The Kier molecular flexibility index (Phi) is 4.32. The molecular formula is C15H20N2O3S. The van der Waals surface area contributed by atoms with E-state index >= 15 is 0 Å². The van der Waals surface area contributed by atoms with Gasteiger partial charge in [-0.15, -0.1) is 0 Å². The number of sulfonamides is 1. The molecule has 1 aromatic heterocycles. The highest BCUT2D eigenvalue weighted by Gasteiger charge is 2.29. The fourth-order valence-corrected chi connectivity index (χ4v) is 3.71. The molecule has 0 fully saturated rings. The van der Waals surface area contributed by atoms with Crippen LogP contribution in [0.4, 0.5) is 0 Å². The SMILES string of the molecule is CCC(C)(CO)NS(=O)(=O)c1cccc2cc(C)cnc12. The molecular weight excluding hydrogens is 288 g/mol. The molecule has 0 aliphatic rings. The first-order valence-corrected chi connectivity index (χ1v) is 8.30. The van der Waals surface area contributed by atoms with Gasteiger partial charge in [0.2, 0.25) is 10.0 Å². The predicted molar refractivity (Wildman–Crippen MR) is 82.6 cm³/mol. The van der Waals surface area contributed by atoms with Gasteiger partial charge in [-0.05, 0) is 38.0 Å². The summed E-state index contributed by atoms with van der Waals surface area (Å²) in [6, 6.07) is 6.95. The van der Waals surface area contributed by atoms with Crippen LogP contribution in [-0.2, 0) is 10.0 Å². The van der Waals surface area contributed by atoms with Crippen molar-refractivity contribution < 1.29 is 13.5 Å². The maximum atomic E-state index is 12.6. The van der Waals surface area contributed by atoms with Crippen molar-refractivity contribution in [1.82, 2.24) is 9.71 Å². The van der Waals surface area contributed by atoms with E-state index in [1.54, 1.807) is 19.2 Å². The summed E-state index contributed by atoms with van der Waals surface area (Å²) >= 11 is 0. The minimum atomic E-state index is -3.75. The van der Waals surface area contributed by atoms with Crippen LogP contribution >= 0.6 is 0 Å². The van der Waals surface area contributed by atoms with Gasteiger partial charge in [0.15, 0.2) is 0 Å². The molecule has 0 amide bonds. The van der Waals surface area contributed by atoms with Crippen LogP contribution in [0.3, 0.4) is 0 Å². The lowest BCUT2D eigenvalue weighted by atomic mass is 10.0. The monoisotopic (exact) mass is 308 g/mol. The minimum Gasteiger partial charge on any atom is -0.394 e. The third-order valence-corrected chi connectivity index (χ3v) is 5.28. The molecule has 0 aliphatic heterocycles. The highest BCUT2D eigenvalue weighted by atomic mass is 32.2. The average molecular weight is 308 g/mol. The Morgan fingerprint density at radius 1 is 1.38 bits per heavy atom. The van der Waals surface area contributed by atoms with Crippen LogP contribution in [0.15, 0.2) is 35.4 Å². The molecule has 1 aromatic carbocycles. The molecule has 0 spiro atoms. The lowest BCUT2D eigenvalue weighted by molar-refractivity contribution is 0.191. The average Bonchev–Trinajstić information content (AvgIpc) is 2.45. The normalized spacial score (nSPS) is 15.0. The van der Waals surface area contributed by atoms with E-state index in [9.17, 15) is 13.5 Å². The molecule has 2 rings (SSSR count). The quantitative estimate of drug-likeness (QED) is 0.885. The van der Waals surface area contributed by atoms with Crippen molar-refractivity contribution in [3.63, 3.8) is 0 Å². The summed E-state index contributed by atoms with van der Waals surface area (Å²) in [5.74, 6) is 0. The molecule has 0 bridgehead atoms. The van der Waals surface area contributed by atoms with Crippen molar-refractivity contribution in [2.45, 2.75) is 37.6 Å². The summed E-state index contributed by atoms with van der Waals surface area (Å²) < 4.78 is 27.8. The van der Waals surface area contributed by atoms with E-state index in [2.05, 4.69) is 9.71 Å². The second kappa shape index (κ2) is 5.71. The van der Waals surface area contributed by atoms with Crippen LogP contribution in [0.2, 0.25) is 0 Å². The van der Waals surface area contributed by atoms with Gasteiger partial charge >= 0.3 is 0 Å². The Hall–Kier alpha value is -1.50. The number of hydrogen-bond acceptors (Lipinski definition) is 4. The van der Waals surface area contributed by atoms with Crippen LogP contribution in [0, 0.1) is 6.92 Å². The summed E-state index contributed by atoms with van der Waals surface area (Å²) in [7, 11) is -3.75. The number of nitrogens with zero attached hydrogens (tertiary/aromatic N) is 1. The topological polar surface area (TPSA) is 79.3 Å². The highest BCUT2D eigenvalue weighted by Crippen LogP contribution is 2.23. The smallest absolute Gasteiger partial charge is 0.243 e. The number of para-hydroxylation sites is 1. The van der Waals surface area contributed by atoms with Crippen LogP contribution in [0.1, 0.15) is 25.8 Å². The minimum absolute atomic E-state index is 0.133. The number of aliphatic hydroxyl groups excluding tert-OH is 1. The van der Waals surface area contributed by atoms with Gasteiger partial charge in [0.05, 0.1) is 17.7 Å². The Bertz CT molecular complexity index is 753. The summed E-state index contributed by atoms with van der Waals surface area (Å²) in [6.45, 7) is 5.14. The largest absolute Gasteiger partial charge is 0.394 e. The first-order chi connectivity index (χ1) is 9.81. The maximum absolute atomic E-state index is 12.6. The number of rotatable bonds is 5. The number of aryl methyl sites for hydroxylation is 1. The standard InChI is InChI=1S/C15H20N2O3S/c1-4-15(3,10-18)17-21(19,20)13-7-5-6-12-8-11(2)9-16-14(12)13/h5-9,17-18H,4,10H2,1-3H3. The van der Waals surface area contributed by atoms with Crippen molar-refractivity contribution in [2.75, 3.05) is 6.61 Å². The molecule has 2 aromatic rings. The van der Waals surface area contributed by atoms with Crippen molar-refractivity contribution in [3.8, 4) is 0 Å². The van der Waals surface area contributed by atoms with Crippen molar-refractivity contribution >= 4 is 20.9 Å². The molecule has 0 saturated heterocycles. The molecule has 114 valence electrons. The van der Waals surface area contributed by atoms with Gasteiger partial charge in [0.25, 0.3) is 0 Å².